The summed E-state index contributed by atoms with van der Waals surface area (Å²) < 4.78 is 21.8. The molecule has 0 amide bonds. The highest BCUT2D eigenvalue weighted by molar-refractivity contribution is 5.29. The average Bonchev–Trinajstić information content (AvgIpc) is 2.93. The molecule has 2 aliphatic heterocycles. The lowest BCUT2D eigenvalue weighted by Crippen LogP contribution is -2.32. The van der Waals surface area contributed by atoms with Crippen LogP contribution in [0, 0.1) is 0 Å². The molecule has 0 aromatic carbocycles. The van der Waals surface area contributed by atoms with E-state index in [1.165, 1.54) is 0 Å². The second-order valence-electron chi connectivity index (χ2n) is 4.54. The van der Waals surface area contributed by atoms with Crippen molar-refractivity contribution in [3.05, 3.63) is 12.0 Å². The topological polar surface area (TPSA) is 57.0 Å². The molecule has 2 saturated heterocycles. The van der Waals surface area contributed by atoms with Crippen LogP contribution in [-0.2, 0) is 14.2 Å². The van der Waals surface area contributed by atoms with E-state index in [-0.39, 0.29) is 18.7 Å². The molecule has 1 atom stereocenters. The van der Waals surface area contributed by atoms with Gasteiger partial charge in [-0.15, -0.1) is 0 Å². The summed E-state index contributed by atoms with van der Waals surface area (Å²) in [4.78, 5) is 6.49. The van der Waals surface area contributed by atoms with Crippen LogP contribution in [0.2, 0.25) is 0 Å². The van der Waals surface area contributed by atoms with Crippen molar-refractivity contribution < 1.29 is 18.6 Å². The van der Waals surface area contributed by atoms with Crippen molar-refractivity contribution in [1.29, 1.82) is 0 Å². The SMILES string of the molecule is CCO[C@H]1CCN(c2nc(C3OC(C)O3)co2)C1. The molecule has 100 valence electrons. The molecule has 0 aliphatic carbocycles. The van der Waals surface area contributed by atoms with E-state index in [1.54, 1.807) is 6.26 Å². The van der Waals surface area contributed by atoms with Crippen molar-refractivity contribution >= 4 is 6.01 Å². The number of oxazole rings is 1. The van der Waals surface area contributed by atoms with E-state index < -0.39 is 0 Å². The van der Waals surface area contributed by atoms with Gasteiger partial charge in [0.15, 0.2) is 6.29 Å². The summed E-state index contributed by atoms with van der Waals surface area (Å²) in [6.07, 6.45) is 2.37. The van der Waals surface area contributed by atoms with Crippen molar-refractivity contribution in [2.24, 2.45) is 0 Å². The number of aromatic nitrogens is 1. The maximum absolute atomic E-state index is 5.59. The van der Waals surface area contributed by atoms with E-state index >= 15 is 0 Å². The van der Waals surface area contributed by atoms with Crippen LogP contribution in [0.3, 0.4) is 0 Å². The van der Waals surface area contributed by atoms with Crippen LogP contribution in [0.15, 0.2) is 10.7 Å². The Balaban J connectivity index is 1.60. The molecule has 0 unspecified atom stereocenters. The minimum Gasteiger partial charge on any atom is -0.432 e. The molecule has 1 aromatic heterocycles. The van der Waals surface area contributed by atoms with Gasteiger partial charge >= 0.3 is 0 Å². The normalized spacial score (nSPS) is 31.7. The average molecular weight is 254 g/mol. The third-order valence-electron chi connectivity index (χ3n) is 3.20. The van der Waals surface area contributed by atoms with E-state index in [2.05, 4.69) is 9.88 Å². The second kappa shape index (κ2) is 4.87. The molecule has 2 aliphatic rings. The monoisotopic (exact) mass is 254 g/mol. The Morgan fingerprint density at radius 1 is 1.50 bits per heavy atom. The first-order chi connectivity index (χ1) is 8.76. The first-order valence-corrected chi connectivity index (χ1v) is 6.39. The third kappa shape index (κ3) is 2.23. The lowest BCUT2D eigenvalue weighted by atomic mass is 10.3. The summed E-state index contributed by atoms with van der Waals surface area (Å²) in [7, 11) is 0. The zero-order chi connectivity index (χ0) is 12.5. The Bertz CT molecular complexity index is 403. The first-order valence-electron chi connectivity index (χ1n) is 6.39. The maximum atomic E-state index is 5.59. The molecule has 6 nitrogen and oxygen atoms in total. The Labute approximate surface area is 106 Å². The van der Waals surface area contributed by atoms with Crippen LogP contribution < -0.4 is 4.90 Å². The van der Waals surface area contributed by atoms with Crippen LogP contribution in [-0.4, -0.2) is 37.1 Å². The molecule has 0 N–H and O–H groups in total. The third-order valence-corrected chi connectivity index (χ3v) is 3.20. The summed E-state index contributed by atoms with van der Waals surface area (Å²) in [6, 6.07) is 0.624. The quantitative estimate of drug-likeness (QED) is 0.814. The smallest absolute Gasteiger partial charge is 0.297 e. The predicted octanol–water partition coefficient (Wildman–Crippen LogP) is 1.68. The summed E-state index contributed by atoms with van der Waals surface area (Å²) in [6.45, 7) is 6.35. The van der Waals surface area contributed by atoms with Crippen LogP contribution in [0.25, 0.3) is 0 Å². The number of hydrogen-bond acceptors (Lipinski definition) is 6. The van der Waals surface area contributed by atoms with Crippen LogP contribution >= 0.6 is 0 Å². The van der Waals surface area contributed by atoms with E-state index in [0.29, 0.717) is 11.7 Å². The number of ether oxygens (including phenoxy) is 3. The van der Waals surface area contributed by atoms with Crippen molar-refractivity contribution in [3.8, 4) is 0 Å². The van der Waals surface area contributed by atoms with Gasteiger partial charge in [-0.25, -0.2) is 0 Å². The van der Waals surface area contributed by atoms with Crippen molar-refractivity contribution in [3.63, 3.8) is 0 Å². The molecule has 2 fully saturated rings. The standard InChI is InChI=1S/C12H18N2O4/c1-3-15-9-4-5-14(6-9)12-13-10(7-16-12)11-17-8(2)18-11/h7-9,11H,3-6H2,1-2H3/t8?,9-,11?/m0/s1. The van der Waals surface area contributed by atoms with Gasteiger partial charge < -0.3 is 23.5 Å². The summed E-state index contributed by atoms with van der Waals surface area (Å²) in [5.74, 6) is 0. The Hall–Kier alpha value is -1.11. The molecule has 1 aromatic rings. The highest BCUT2D eigenvalue weighted by Gasteiger charge is 2.33. The van der Waals surface area contributed by atoms with Crippen LogP contribution in [0.4, 0.5) is 6.01 Å². The lowest BCUT2D eigenvalue weighted by molar-refractivity contribution is -0.383. The number of hydrogen-bond donors (Lipinski definition) is 0. The Morgan fingerprint density at radius 3 is 3.06 bits per heavy atom. The molecule has 0 saturated carbocycles. The van der Waals surface area contributed by atoms with Gasteiger partial charge in [-0.2, -0.15) is 4.98 Å². The van der Waals surface area contributed by atoms with Crippen molar-refractivity contribution in [2.45, 2.75) is 39.0 Å². The molecule has 0 spiro atoms. The van der Waals surface area contributed by atoms with Gasteiger partial charge in [0.25, 0.3) is 6.01 Å². The molecular weight excluding hydrogens is 236 g/mol. The van der Waals surface area contributed by atoms with Gasteiger partial charge in [0.05, 0.1) is 6.10 Å². The Kier molecular flexibility index (Phi) is 3.23. The van der Waals surface area contributed by atoms with Crippen LogP contribution in [0.1, 0.15) is 32.3 Å². The maximum Gasteiger partial charge on any atom is 0.297 e. The summed E-state index contributed by atoms with van der Waals surface area (Å²) in [5.41, 5.74) is 0.697. The second-order valence-corrected chi connectivity index (χ2v) is 4.54. The van der Waals surface area contributed by atoms with E-state index in [1.807, 2.05) is 13.8 Å². The number of rotatable bonds is 4. The van der Waals surface area contributed by atoms with E-state index in [0.717, 1.165) is 26.1 Å². The van der Waals surface area contributed by atoms with Crippen LogP contribution in [0.5, 0.6) is 0 Å². The number of anilines is 1. The van der Waals surface area contributed by atoms with E-state index in [9.17, 15) is 0 Å². The minimum atomic E-state index is -0.372. The molecule has 18 heavy (non-hydrogen) atoms. The first kappa shape index (κ1) is 12.0. The summed E-state index contributed by atoms with van der Waals surface area (Å²) in [5, 5.41) is 0. The fourth-order valence-corrected chi connectivity index (χ4v) is 2.30. The molecule has 6 heteroatoms. The van der Waals surface area contributed by atoms with Crippen molar-refractivity contribution in [2.75, 3.05) is 24.6 Å². The fourth-order valence-electron chi connectivity index (χ4n) is 2.30. The molecule has 3 heterocycles. The zero-order valence-electron chi connectivity index (χ0n) is 10.7. The van der Waals surface area contributed by atoms with Gasteiger partial charge in [0.1, 0.15) is 12.0 Å². The zero-order valence-corrected chi connectivity index (χ0v) is 10.7. The van der Waals surface area contributed by atoms with Gasteiger partial charge in [-0.3, -0.25) is 0 Å². The molecular formula is C12H18N2O4. The summed E-state index contributed by atoms with van der Waals surface area (Å²) >= 11 is 0. The van der Waals surface area contributed by atoms with Gasteiger partial charge in [0.2, 0.25) is 6.29 Å². The predicted molar refractivity (Wildman–Crippen MR) is 63.1 cm³/mol. The van der Waals surface area contributed by atoms with E-state index in [4.69, 9.17) is 18.6 Å². The molecule has 0 bridgehead atoms. The Morgan fingerprint density at radius 2 is 2.33 bits per heavy atom. The lowest BCUT2D eigenvalue weighted by Gasteiger charge is -2.31. The molecule has 0 radical (unpaired) electrons. The highest BCUT2D eigenvalue weighted by atomic mass is 16.9. The largest absolute Gasteiger partial charge is 0.432 e. The number of nitrogens with zero attached hydrogens (tertiary/aromatic N) is 2. The minimum absolute atomic E-state index is 0.149. The van der Waals surface area contributed by atoms with Crippen molar-refractivity contribution in [1.82, 2.24) is 4.98 Å². The molecule has 3 rings (SSSR count). The highest BCUT2D eigenvalue weighted by Crippen LogP contribution is 2.32. The van der Waals surface area contributed by atoms with Gasteiger partial charge in [-0.1, -0.05) is 0 Å². The van der Waals surface area contributed by atoms with Gasteiger partial charge in [0, 0.05) is 19.7 Å². The fraction of sp³-hybridized carbons (Fsp3) is 0.750. The van der Waals surface area contributed by atoms with Gasteiger partial charge in [-0.05, 0) is 20.3 Å².